The summed E-state index contributed by atoms with van der Waals surface area (Å²) in [6.07, 6.45) is 1.20. The van der Waals surface area contributed by atoms with Gasteiger partial charge >= 0.3 is 0 Å². The molecule has 150 valence electrons. The minimum absolute atomic E-state index is 0. The number of benzene rings is 1. The molecule has 0 aromatic heterocycles. The van der Waals surface area contributed by atoms with E-state index < -0.39 is 9.84 Å². The molecule has 0 aliphatic carbocycles. The molecule has 0 fully saturated rings. The van der Waals surface area contributed by atoms with Gasteiger partial charge in [0.05, 0.1) is 25.5 Å². The highest BCUT2D eigenvalue weighted by Gasteiger charge is 2.06. The number of aliphatic imine (C=N–C) groups is 1. The third kappa shape index (κ3) is 10.8. The molecule has 0 radical (unpaired) electrons. The molecule has 0 aliphatic heterocycles. The summed E-state index contributed by atoms with van der Waals surface area (Å²) in [6.45, 7) is 4.43. The second-order valence-electron chi connectivity index (χ2n) is 5.75. The predicted octanol–water partition coefficient (Wildman–Crippen LogP) is 1.56. The van der Waals surface area contributed by atoms with Gasteiger partial charge in [0.25, 0.3) is 0 Å². The highest BCUT2D eigenvalue weighted by molar-refractivity contribution is 14.0. The number of para-hydroxylation sites is 1. The summed E-state index contributed by atoms with van der Waals surface area (Å²) >= 11 is 0. The van der Waals surface area contributed by atoms with Gasteiger partial charge in [-0.2, -0.15) is 0 Å². The van der Waals surface area contributed by atoms with Crippen LogP contribution >= 0.6 is 24.0 Å². The summed E-state index contributed by atoms with van der Waals surface area (Å²) in [4.78, 5) is 6.18. The molecular weight excluding hydrogens is 469 g/mol. The van der Waals surface area contributed by atoms with E-state index in [4.69, 9.17) is 9.47 Å². The number of rotatable bonds is 10. The van der Waals surface area contributed by atoms with Crippen LogP contribution in [0.4, 0.5) is 0 Å². The standard InChI is InChI=1S/C17H29N3O4S.HI/c1-15-7-5-6-8-16(15)24-12-10-20(3)17(18-2)19-9-11-23-13-14-25(4,21)22;/h5-8H,9-14H2,1-4H3,(H,18,19);1H. The van der Waals surface area contributed by atoms with Crippen molar-refractivity contribution in [1.29, 1.82) is 0 Å². The third-order valence-corrected chi connectivity index (χ3v) is 4.39. The van der Waals surface area contributed by atoms with E-state index in [-0.39, 0.29) is 36.3 Å². The molecule has 0 amide bonds. The Morgan fingerprint density at radius 2 is 1.92 bits per heavy atom. The van der Waals surface area contributed by atoms with Crippen LogP contribution < -0.4 is 10.1 Å². The van der Waals surface area contributed by atoms with Gasteiger partial charge in [-0.15, -0.1) is 24.0 Å². The summed E-state index contributed by atoms with van der Waals surface area (Å²) < 4.78 is 33.1. The lowest BCUT2D eigenvalue weighted by Crippen LogP contribution is -2.42. The maximum atomic E-state index is 11.0. The van der Waals surface area contributed by atoms with Gasteiger partial charge < -0.3 is 19.7 Å². The topological polar surface area (TPSA) is 80.2 Å². The zero-order valence-electron chi connectivity index (χ0n) is 15.9. The van der Waals surface area contributed by atoms with Gasteiger partial charge in [0.15, 0.2) is 5.96 Å². The Balaban J connectivity index is 0.00000625. The molecule has 1 aromatic carbocycles. The van der Waals surface area contributed by atoms with Gasteiger partial charge in [0.2, 0.25) is 0 Å². The Hall–Kier alpha value is -1.07. The van der Waals surface area contributed by atoms with Gasteiger partial charge in [-0.1, -0.05) is 18.2 Å². The lowest BCUT2D eigenvalue weighted by molar-refractivity contribution is 0.153. The van der Waals surface area contributed by atoms with Crippen LogP contribution in [0.15, 0.2) is 29.3 Å². The highest BCUT2D eigenvalue weighted by atomic mass is 127. The van der Waals surface area contributed by atoms with Crippen LogP contribution in [0.25, 0.3) is 0 Å². The SMILES string of the molecule is CN=C(NCCOCCS(C)(=O)=O)N(C)CCOc1ccccc1C.I. The van der Waals surface area contributed by atoms with Crippen LogP contribution in [-0.2, 0) is 14.6 Å². The molecule has 0 aliphatic rings. The second kappa shape index (κ2) is 13.2. The smallest absolute Gasteiger partial charge is 0.193 e. The van der Waals surface area contributed by atoms with E-state index in [0.29, 0.717) is 26.3 Å². The third-order valence-electron chi connectivity index (χ3n) is 3.48. The normalized spacial score (nSPS) is 11.6. The first-order valence-electron chi connectivity index (χ1n) is 8.19. The number of hydrogen-bond donors (Lipinski definition) is 1. The fraction of sp³-hybridized carbons (Fsp3) is 0.588. The molecule has 1 rings (SSSR count). The number of ether oxygens (including phenoxy) is 2. The first kappa shape index (κ1) is 24.9. The maximum Gasteiger partial charge on any atom is 0.193 e. The molecular formula is C17H30IN3O4S. The fourth-order valence-corrected chi connectivity index (χ4v) is 2.47. The average molecular weight is 499 g/mol. The Morgan fingerprint density at radius 3 is 2.54 bits per heavy atom. The highest BCUT2D eigenvalue weighted by Crippen LogP contribution is 2.15. The van der Waals surface area contributed by atoms with E-state index in [1.54, 1.807) is 7.05 Å². The first-order chi connectivity index (χ1) is 11.8. The monoisotopic (exact) mass is 499 g/mol. The van der Waals surface area contributed by atoms with Crippen molar-refractivity contribution in [3.63, 3.8) is 0 Å². The molecule has 0 bridgehead atoms. The van der Waals surface area contributed by atoms with Gasteiger partial charge in [0.1, 0.15) is 22.2 Å². The zero-order valence-corrected chi connectivity index (χ0v) is 19.0. The summed E-state index contributed by atoms with van der Waals surface area (Å²) in [5, 5.41) is 3.17. The van der Waals surface area contributed by atoms with Crippen LogP contribution in [0, 0.1) is 6.92 Å². The van der Waals surface area contributed by atoms with Crippen molar-refractivity contribution in [3.05, 3.63) is 29.8 Å². The minimum atomic E-state index is -2.97. The predicted molar refractivity (Wildman–Crippen MR) is 117 cm³/mol. The number of aryl methyl sites for hydroxylation is 1. The quantitative estimate of drug-likeness (QED) is 0.228. The lowest BCUT2D eigenvalue weighted by Gasteiger charge is -2.22. The van der Waals surface area contributed by atoms with Gasteiger partial charge in [-0.05, 0) is 18.6 Å². The molecule has 0 atom stereocenters. The van der Waals surface area contributed by atoms with Crippen molar-refractivity contribution >= 4 is 39.8 Å². The van der Waals surface area contributed by atoms with Crippen molar-refractivity contribution < 1.29 is 17.9 Å². The first-order valence-corrected chi connectivity index (χ1v) is 10.2. The van der Waals surface area contributed by atoms with Gasteiger partial charge in [-0.25, -0.2) is 8.42 Å². The van der Waals surface area contributed by atoms with E-state index in [9.17, 15) is 8.42 Å². The van der Waals surface area contributed by atoms with Crippen molar-refractivity contribution in [2.75, 3.05) is 59.0 Å². The summed E-state index contributed by atoms with van der Waals surface area (Å²) in [6, 6.07) is 7.91. The van der Waals surface area contributed by atoms with Crippen molar-refractivity contribution in [3.8, 4) is 5.75 Å². The van der Waals surface area contributed by atoms with Crippen LogP contribution in [0.3, 0.4) is 0 Å². The van der Waals surface area contributed by atoms with Crippen molar-refractivity contribution in [1.82, 2.24) is 10.2 Å². The Kier molecular flexibility index (Phi) is 12.6. The maximum absolute atomic E-state index is 11.0. The minimum Gasteiger partial charge on any atom is -0.491 e. The van der Waals surface area contributed by atoms with Crippen molar-refractivity contribution in [2.24, 2.45) is 4.99 Å². The molecule has 0 saturated carbocycles. The Morgan fingerprint density at radius 1 is 1.23 bits per heavy atom. The van der Waals surface area contributed by atoms with Gasteiger partial charge in [-0.3, -0.25) is 4.99 Å². The van der Waals surface area contributed by atoms with Crippen LogP contribution in [-0.4, -0.2) is 78.3 Å². The Labute approximate surface area is 174 Å². The van der Waals surface area contributed by atoms with E-state index >= 15 is 0 Å². The Bertz CT molecular complexity index is 653. The number of likely N-dealkylation sites (N-methyl/N-ethyl adjacent to an activating group) is 1. The molecule has 0 spiro atoms. The molecule has 9 heteroatoms. The van der Waals surface area contributed by atoms with E-state index in [0.717, 1.165) is 17.3 Å². The fourth-order valence-electron chi connectivity index (χ4n) is 2.05. The van der Waals surface area contributed by atoms with Crippen LogP contribution in [0.5, 0.6) is 5.75 Å². The number of hydrogen-bond acceptors (Lipinski definition) is 5. The lowest BCUT2D eigenvalue weighted by atomic mass is 10.2. The summed E-state index contributed by atoms with van der Waals surface area (Å²) in [5.74, 6) is 1.66. The largest absolute Gasteiger partial charge is 0.491 e. The number of nitrogens with zero attached hydrogens (tertiary/aromatic N) is 2. The molecule has 7 nitrogen and oxygen atoms in total. The number of nitrogens with one attached hydrogen (secondary N) is 1. The van der Waals surface area contributed by atoms with E-state index in [1.165, 1.54) is 6.26 Å². The van der Waals surface area contributed by atoms with Crippen molar-refractivity contribution in [2.45, 2.75) is 6.92 Å². The van der Waals surface area contributed by atoms with Gasteiger partial charge in [0, 0.05) is 26.9 Å². The molecule has 26 heavy (non-hydrogen) atoms. The zero-order chi connectivity index (χ0) is 18.7. The number of halogens is 1. The molecule has 1 aromatic rings. The number of guanidine groups is 1. The second-order valence-corrected chi connectivity index (χ2v) is 8.01. The van der Waals surface area contributed by atoms with Crippen LogP contribution in [0.1, 0.15) is 5.56 Å². The average Bonchev–Trinajstić information content (AvgIpc) is 2.55. The molecule has 1 N–H and O–H groups in total. The molecule has 0 unspecified atom stereocenters. The van der Waals surface area contributed by atoms with Crippen LogP contribution in [0.2, 0.25) is 0 Å². The number of sulfone groups is 1. The summed E-state index contributed by atoms with van der Waals surface area (Å²) in [7, 11) is 0.672. The van der Waals surface area contributed by atoms with E-state index in [2.05, 4.69) is 10.3 Å². The molecule has 0 heterocycles. The summed E-state index contributed by atoms with van der Waals surface area (Å²) in [5.41, 5.74) is 1.11. The molecule has 0 saturated heterocycles. The van der Waals surface area contributed by atoms with E-state index in [1.807, 2.05) is 43.1 Å².